The molecule has 1 aromatic carbocycles. The fourth-order valence-electron chi connectivity index (χ4n) is 2.74. The van der Waals surface area contributed by atoms with Gasteiger partial charge in [-0.1, -0.05) is 19.9 Å². The maximum absolute atomic E-state index is 5.96. The standard InChI is InChI=1S/C18H30N2O/c1-5-15(3)21-17-10-7-9-16(13-17)20-12-8-11-19-18(4,6-2)14-20/h7,9-10,13,15,19H,5-6,8,11-12,14H2,1-4H3. The SMILES string of the molecule is CCC(C)Oc1cccc(N2CCCNC(C)(CC)C2)c1. The van der Waals surface area contributed by atoms with Gasteiger partial charge in [-0.05, 0) is 51.8 Å². The zero-order chi connectivity index (χ0) is 15.3. The molecule has 0 saturated carbocycles. The van der Waals surface area contributed by atoms with Crippen LogP contribution >= 0.6 is 0 Å². The van der Waals surface area contributed by atoms with Crippen molar-refractivity contribution in [3.8, 4) is 5.75 Å². The van der Waals surface area contributed by atoms with Gasteiger partial charge in [-0.25, -0.2) is 0 Å². The Labute approximate surface area is 129 Å². The number of hydrogen-bond acceptors (Lipinski definition) is 3. The molecule has 0 radical (unpaired) electrons. The third kappa shape index (κ3) is 4.37. The van der Waals surface area contributed by atoms with Crippen LogP contribution in [-0.4, -0.2) is 31.3 Å². The molecule has 3 nitrogen and oxygen atoms in total. The van der Waals surface area contributed by atoms with E-state index in [1.165, 1.54) is 12.1 Å². The smallest absolute Gasteiger partial charge is 0.121 e. The van der Waals surface area contributed by atoms with Gasteiger partial charge in [0.05, 0.1) is 6.10 Å². The van der Waals surface area contributed by atoms with Gasteiger partial charge < -0.3 is 15.0 Å². The number of hydrogen-bond donors (Lipinski definition) is 1. The summed E-state index contributed by atoms with van der Waals surface area (Å²) >= 11 is 0. The third-order valence-corrected chi connectivity index (χ3v) is 4.57. The molecule has 1 saturated heterocycles. The molecule has 2 atom stereocenters. The van der Waals surface area contributed by atoms with Crippen LogP contribution in [0, 0.1) is 0 Å². The predicted molar refractivity (Wildman–Crippen MR) is 90.4 cm³/mol. The summed E-state index contributed by atoms with van der Waals surface area (Å²) in [6.45, 7) is 12.1. The van der Waals surface area contributed by atoms with Crippen LogP contribution < -0.4 is 15.0 Å². The van der Waals surface area contributed by atoms with Crippen molar-refractivity contribution in [2.24, 2.45) is 0 Å². The highest BCUT2D eigenvalue weighted by atomic mass is 16.5. The van der Waals surface area contributed by atoms with Gasteiger partial charge in [0.1, 0.15) is 5.75 Å². The lowest BCUT2D eigenvalue weighted by Crippen LogP contribution is -2.48. The van der Waals surface area contributed by atoms with Crippen molar-refractivity contribution in [2.45, 2.75) is 58.6 Å². The normalized spacial score (nSPS) is 24.5. The van der Waals surface area contributed by atoms with Crippen LogP contribution in [0.3, 0.4) is 0 Å². The van der Waals surface area contributed by atoms with E-state index in [-0.39, 0.29) is 11.6 Å². The third-order valence-electron chi connectivity index (χ3n) is 4.57. The van der Waals surface area contributed by atoms with Gasteiger partial charge in [0.15, 0.2) is 0 Å². The van der Waals surface area contributed by atoms with Crippen LogP contribution in [0.2, 0.25) is 0 Å². The molecule has 0 aliphatic carbocycles. The molecule has 1 aromatic rings. The monoisotopic (exact) mass is 290 g/mol. The van der Waals surface area contributed by atoms with Crippen molar-refractivity contribution >= 4 is 5.69 Å². The first-order valence-corrected chi connectivity index (χ1v) is 8.33. The van der Waals surface area contributed by atoms with Crippen molar-refractivity contribution in [1.82, 2.24) is 5.32 Å². The Morgan fingerprint density at radius 2 is 2.19 bits per heavy atom. The van der Waals surface area contributed by atoms with E-state index in [9.17, 15) is 0 Å². The highest BCUT2D eigenvalue weighted by Crippen LogP contribution is 2.26. The Kier molecular flexibility index (Phi) is 5.51. The lowest BCUT2D eigenvalue weighted by atomic mass is 9.98. The summed E-state index contributed by atoms with van der Waals surface area (Å²) in [4.78, 5) is 2.49. The summed E-state index contributed by atoms with van der Waals surface area (Å²) in [5.74, 6) is 0.984. The summed E-state index contributed by atoms with van der Waals surface area (Å²) in [6, 6.07) is 8.55. The van der Waals surface area contributed by atoms with E-state index in [0.717, 1.165) is 38.2 Å². The molecular formula is C18H30N2O. The number of ether oxygens (including phenoxy) is 1. The largest absolute Gasteiger partial charge is 0.491 e. The molecule has 3 heteroatoms. The van der Waals surface area contributed by atoms with Gasteiger partial charge in [0.25, 0.3) is 0 Å². The lowest BCUT2D eigenvalue weighted by Gasteiger charge is -2.34. The number of nitrogens with one attached hydrogen (secondary N) is 1. The summed E-state index contributed by atoms with van der Waals surface area (Å²) in [5.41, 5.74) is 1.48. The summed E-state index contributed by atoms with van der Waals surface area (Å²) in [6.07, 6.45) is 3.64. The van der Waals surface area contributed by atoms with E-state index in [1.807, 2.05) is 0 Å². The second-order valence-electron chi connectivity index (χ2n) is 6.45. The summed E-state index contributed by atoms with van der Waals surface area (Å²) < 4.78 is 5.96. The van der Waals surface area contributed by atoms with Crippen LogP contribution in [0.1, 0.15) is 47.0 Å². The molecule has 1 heterocycles. The van der Waals surface area contributed by atoms with Crippen molar-refractivity contribution in [1.29, 1.82) is 0 Å². The second kappa shape index (κ2) is 7.17. The lowest BCUT2D eigenvalue weighted by molar-refractivity contribution is 0.217. The second-order valence-corrected chi connectivity index (χ2v) is 6.45. The molecule has 1 N–H and O–H groups in total. The predicted octanol–water partition coefficient (Wildman–Crippen LogP) is 3.83. The maximum Gasteiger partial charge on any atom is 0.121 e. The number of benzene rings is 1. The Morgan fingerprint density at radius 1 is 1.38 bits per heavy atom. The zero-order valence-corrected chi connectivity index (χ0v) is 14.0. The topological polar surface area (TPSA) is 24.5 Å². The fraction of sp³-hybridized carbons (Fsp3) is 0.667. The van der Waals surface area contributed by atoms with Crippen molar-refractivity contribution in [3.63, 3.8) is 0 Å². The van der Waals surface area contributed by atoms with E-state index in [1.54, 1.807) is 0 Å². The minimum Gasteiger partial charge on any atom is -0.491 e. The Balaban J connectivity index is 2.14. The first-order chi connectivity index (χ1) is 10.1. The first-order valence-electron chi connectivity index (χ1n) is 8.33. The van der Waals surface area contributed by atoms with E-state index in [4.69, 9.17) is 4.74 Å². The Bertz CT molecular complexity index is 449. The molecule has 1 aliphatic rings. The molecule has 118 valence electrons. The Hall–Kier alpha value is -1.22. The molecule has 2 rings (SSSR count). The zero-order valence-electron chi connectivity index (χ0n) is 14.0. The van der Waals surface area contributed by atoms with Gasteiger partial charge >= 0.3 is 0 Å². The van der Waals surface area contributed by atoms with Gasteiger partial charge in [0.2, 0.25) is 0 Å². The maximum atomic E-state index is 5.96. The van der Waals surface area contributed by atoms with E-state index in [0.29, 0.717) is 0 Å². The number of rotatable bonds is 5. The average Bonchev–Trinajstić information content (AvgIpc) is 2.70. The van der Waals surface area contributed by atoms with Gasteiger partial charge in [-0.2, -0.15) is 0 Å². The molecule has 21 heavy (non-hydrogen) atoms. The molecule has 0 bridgehead atoms. The van der Waals surface area contributed by atoms with Crippen LogP contribution in [0.25, 0.3) is 0 Å². The summed E-state index contributed by atoms with van der Waals surface area (Å²) in [5, 5.41) is 3.69. The summed E-state index contributed by atoms with van der Waals surface area (Å²) in [7, 11) is 0. The first kappa shape index (κ1) is 16.2. The van der Waals surface area contributed by atoms with Crippen LogP contribution in [0.15, 0.2) is 24.3 Å². The fourth-order valence-corrected chi connectivity index (χ4v) is 2.74. The molecule has 1 aliphatic heterocycles. The minimum absolute atomic E-state index is 0.198. The highest BCUT2D eigenvalue weighted by molar-refractivity contribution is 5.51. The van der Waals surface area contributed by atoms with Crippen molar-refractivity contribution in [2.75, 3.05) is 24.5 Å². The molecular weight excluding hydrogens is 260 g/mol. The molecule has 0 spiro atoms. The van der Waals surface area contributed by atoms with E-state index < -0.39 is 0 Å². The number of anilines is 1. The van der Waals surface area contributed by atoms with Gasteiger partial charge in [0, 0.05) is 30.4 Å². The van der Waals surface area contributed by atoms with Crippen molar-refractivity contribution in [3.05, 3.63) is 24.3 Å². The van der Waals surface area contributed by atoms with Crippen molar-refractivity contribution < 1.29 is 4.74 Å². The average molecular weight is 290 g/mol. The Morgan fingerprint density at radius 3 is 2.90 bits per heavy atom. The van der Waals surface area contributed by atoms with Crippen LogP contribution in [-0.2, 0) is 0 Å². The van der Waals surface area contributed by atoms with E-state index >= 15 is 0 Å². The van der Waals surface area contributed by atoms with Crippen LogP contribution in [0.5, 0.6) is 5.75 Å². The molecule has 2 unspecified atom stereocenters. The highest BCUT2D eigenvalue weighted by Gasteiger charge is 2.27. The van der Waals surface area contributed by atoms with Gasteiger partial charge in [-0.15, -0.1) is 0 Å². The molecule has 1 fully saturated rings. The van der Waals surface area contributed by atoms with Gasteiger partial charge in [-0.3, -0.25) is 0 Å². The van der Waals surface area contributed by atoms with Crippen LogP contribution in [0.4, 0.5) is 5.69 Å². The quantitative estimate of drug-likeness (QED) is 0.892. The van der Waals surface area contributed by atoms with E-state index in [2.05, 4.69) is 62.2 Å². The molecule has 0 amide bonds. The number of nitrogens with zero attached hydrogens (tertiary/aromatic N) is 1. The minimum atomic E-state index is 0.198. The molecule has 0 aromatic heterocycles.